The molecule has 2 atom stereocenters. The minimum atomic E-state index is 0.153. The lowest BCUT2D eigenvalue weighted by Gasteiger charge is -2.05. The number of hydrogen-bond donors (Lipinski definition) is 1. The van der Waals surface area contributed by atoms with E-state index in [1.807, 2.05) is 0 Å². The van der Waals surface area contributed by atoms with E-state index in [4.69, 9.17) is 0 Å². The summed E-state index contributed by atoms with van der Waals surface area (Å²) in [4.78, 5) is 10.7. The Balaban J connectivity index is 2.39. The van der Waals surface area contributed by atoms with Gasteiger partial charge in [-0.25, -0.2) is 0 Å². The van der Waals surface area contributed by atoms with E-state index in [0.717, 1.165) is 12.8 Å². The van der Waals surface area contributed by atoms with Crippen LogP contribution in [0.5, 0.6) is 0 Å². The molecule has 0 radical (unpaired) electrons. The van der Waals surface area contributed by atoms with Gasteiger partial charge in [0.05, 0.1) is 6.04 Å². The molecule has 2 nitrogen and oxygen atoms in total. The monoisotopic (exact) mass is 127 g/mol. The third kappa shape index (κ3) is 1.52. The van der Waals surface area contributed by atoms with Crippen molar-refractivity contribution in [3.8, 4) is 0 Å². The molecular weight excluding hydrogens is 114 g/mol. The predicted molar refractivity (Wildman–Crippen MR) is 36.3 cm³/mol. The van der Waals surface area contributed by atoms with Gasteiger partial charge >= 0.3 is 0 Å². The second-order valence-corrected chi connectivity index (χ2v) is 2.81. The summed E-state index contributed by atoms with van der Waals surface area (Å²) in [6.45, 7) is 3.76. The van der Waals surface area contributed by atoms with Crippen LogP contribution in [0.4, 0.5) is 0 Å². The van der Waals surface area contributed by atoms with Gasteiger partial charge in [0.1, 0.15) is 5.78 Å². The molecule has 0 bridgehead atoms. The summed E-state index contributed by atoms with van der Waals surface area (Å²) < 4.78 is 0. The minimum Gasteiger partial charge on any atom is -0.305 e. The largest absolute Gasteiger partial charge is 0.305 e. The topological polar surface area (TPSA) is 29.1 Å². The molecule has 2 unspecified atom stereocenters. The lowest BCUT2D eigenvalue weighted by Crippen LogP contribution is -2.32. The van der Waals surface area contributed by atoms with E-state index in [0.29, 0.717) is 6.04 Å². The first-order valence-electron chi connectivity index (χ1n) is 3.46. The molecule has 1 aliphatic rings. The smallest absolute Gasteiger partial charge is 0.146 e. The molecule has 0 saturated carbocycles. The third-order valence-electron chi connectivity index (χ3n) is 1.86. The Kier molecular flexibility index (Phi) is 1.86. The van der Waals surface area contributed by atoms with E-state index in [2.05, 4.69) is 12.2 Å². The summed E-state index contributed by atoms with van der Waals surface area (Å²) in [6, 6.07) is 0.693. The summed E-state index contributed by atoms with van der Waals surface area (Å²) >= 11 is 0. The lowest BCUT2D eigenvalue weighted by atomic mass is 10.1. The highest BCUT2D eigenvalue weighted by atomic mass is 16.1. The molecule has 0 aromatic carbocycles. The first-order valence-corrected chi connectivity index (χ1v) is 3.46. The first kappa shape index (κ1) is 6.75. The molecule has 2 heteroatoms. The number of ketones is 1. The van der Waals surface area contributed by atoms with Gasteiger partial charge in [-0.05, 0) is 26.7 Å². The second kappa shape index (κ2) is 2.48. The van der Waals surface area contributed by atoms with Crippen molar-refractivity contribution in [2.24, 2.45) is 0 Å². The predicted octanol–water partition coefficient (Wildman–Crippen LogP) is 0.716. The molecule has 0 aromatic heterocycles. The van der Waals surface area contributed by atoms with Crippen LogP contribution < -0.4 is 5.32 Å². The molecule has 1 heterocycles. The number of carbonyl (C=O) groups is 1. The Morgan fingerprint density at radius 3 is 2.44 bits per heavy atom. The van der Waals surface area contributed by atoms with Crippen molar-refractivity contribution in [3.05, 3.63) is 0 Å². The van der Waals surface area contributed by atoms with Crippen LogP contribution in [0.2, 0.25) is 0 Å². The van der Waals surface area contributed by atoms with Crippen molar-refractivity contribution in [1.29, 1.82) is 0 Å². The third-order valence-corrected chi connectivity index (χ3v) is 1.86. The molecule has 9 heavy (non-hydrogen) atoms. The molecule has 1 aliphatic heterocycles. The lowest BCUT2D eigenvalue weighted by molar-refractivity contribution is -0.118. The molecule has 0 amide bonds. The van der Waals surface area contributed by atoms with Crippen LogP contribution in [0, 0.1) is 0 Å². The zero-order valence-electron chi connectivity index (χ0n) is 5.98. The SMILES string of the molecule is CC(=O)C1CCC(C)N1. The van der Waals surface area contributed by atoms with E-state index in [-0.39, 0.29) is 11.8 Å². The van der Waals surface area contributed by atoms with Gasteiger partial charge in [0.25, 0.3) is 0 Å². The molecule has 1 N–H and O–H groups in total. The molecule has 0 aromatic rings. The van der Waals surface area contributed by atoms with Gasteiger partial charge in [-0.15, -0.1) is 0 Å². The molecule has 52 valence electrons. The summed E-state index contributed by atoms with van der Waals surface area (Å²) in [6.07, 6.45) is 2.17. The average Bonchev–Trinajstić information content (AvgIpc) is 2.14. The van der Waals surface area contributed by atoms with Crippen molar-refractivity contribution < 1.29 is 4.79 Å². The molecule has 1 rings (SSSR count). The van der Waals surface area contributed by atoms with Gasteiger partial charge in [0.2, 0.25) is 0 Å². The summed E-state index contributed by atoms with van der Waals surface area (Å²) in [5, 5.41) is 3.20. The number of rotatable bonds is 1. The van der Waals surface area contributed by atoms with Gasteiger partial charge < -0.3 is 5.32 Å². The zero-order valence-corrected chi connectivity index (χ0v) is 5.98. The van der Waals surface area contributed by atoms with Crippen LogP contribution in [-0.2, 0) is 4.79 Å². The summed E-state index contributed by atoms with van der Waals surface area (Å²) in [5.41, 5.74) is 0. The summed E-state index contributed by atoms with van der Waals surface area (Å²) in [5.74, 6) is 0.277. The quantitative estimate of drug-likeness (QED) is 0.562. The van der Waals surface area contributed by atoms with E-state index in [1.54, 1.807) is 6.92 Å². The molecule has 1 fully saturated rings. The van der Waals surface area contributed by atoms with E-state index in [1.165, 1.54) is 0 Å². The van der Waals surface area contributed by atoms with E-state index >= 15 is 0 Å². The van der Waals surface area contributed by atoms with Crippen LogP contribution >= 0.6 is 0 Å². The van der Waals surface area contributed by atoms with Crippen molar-refractivity contribution in [3.63, 3.8) is 0 Å². The maximum Gasteiger partial charge on any atom is 0.146 e. The van der Waals surface area contributed by atoms with Crippen LogP contribution in [0.15, 0.2) is 0 Å². The highest BCUT2D eigenvalue weighted by Crippen LogP contribution is 2.11. The fraction of sp³-hybridized carbons (Fsp3) is 0.857. The number of hydrogen-bond acceptors (Lipinski definition) is 2. The van der Waals surface area contributed by atoms with Gasteiger partial charge in [-0.1, -0.05) is 0 Å². The molecule has 1 saturated heterocycles. The Bertz CT molecular complexity index is 122. The van der Waals surface area contributed by atoms with Gasteiger partial charge in [-0.3, -0.25) is 4.79 Å². The maximum absolute atomic E-state index is 10.7. The highest BCUT2D eigenvalue weighted by molar-refractivity contribution is 5.81. The fourth-order valence-electron chi connectivity index (χ4n) is 1.25. The second-order valence-electron chi connectivity index (χ2n) is 2.81. The molecule has 0 spiro atoms. The molecular formula is C7H13NO. The standard InChI is InChI=1S/C7H13NO/c1-5-3-4-7(8-5)6(2)9/h5,7-8H,3-4H2,1-2H3. The van der Waals surface area contributed by atoms with Crippen LogP contribution in [0.1, 0.15) is 26.7 Å². The van der Waals surface area contributed by atoms with Crippen molar-refractivity contribution >= 4 is 5.78 Å². The van der Waals surface area contributed by atoms with Gasteiger partial charge in [0.15, 0.2) is 0 Å². The van der Waals surface area contributed by atoms with Crippen LogP contribution in [-0.4, -0.2) is 17.9 Å². The average molecular weight is 127 g/mol. The summed E-state index contributed by atoms with van der Waals surface area (Å²) in [7, 11) is 0. The van der Waals surface area contributed by atoms with Gasteiger partial charge in [-0.2, -0.15) is 0 Å². The van der Waals surface area contributed by atoms with Gasteiger partial charge in [0, 0.05) is 6.04 Å². The zero-order chi connectivity index (χ0) is 6.85. The van der Waals surface area contributed by atoms with E-state index in [9.17, 15) is 4.79 Å². The Morgan fingerprint density at radius 2 is 2.22 bits per heavy atom. The normalized spacial score (nSPS) is 34.9. The number of Topliss-reactive ketones (excluding diaryl/α,β-unsaturated/α-hetero) is 1. The van der Waals surface area contributed by atoms with Crippen LogP contribution in [0.25, 0.3) is 0 Å². The Hall–Kier alpha value is -0.370. The first-order chi connectivity index (χ1) is 4.20. The molecule has 0 aliphatic carbocycles. The number of carbonyl (C=O) groups excluding carboxylic acids is 1. The van der Waals surface area contributed by atoms with Crippen molar-refractivity contribution in [2.45, 2.75) is 38.8 Å². The van der Waals surface area contributed by atoms with Crippen molar-refractivity contribution in [1.82, 2.24) is 5.32 Å². The van der Waals surface area contributed by atoms with E-state index < -0.39 is 0 Å². The number of nitrogens with one attached hydrogen (secondary N) is 1. The Labute approximate surface area is 55.6 Å². The highest BCUT2D eigenvalue weighted by Gasteiger charge is 2.22. The maximum atomic E-state index is 10.7. The fourth-order valence-corrected chi connectivity index (χ4v) is 1.25. The minimum absolute atomic E-state index is 0.153. The Morgan fingerprint density at radius 1 is 1.56 bits per heavy atom. The van der Waals surface area contributed by atoms with Crippen molar-refractivity contribution in [2.75, 3.05) is 0 Å². The van der Waals surface area contributed by atoms with Crippen LogP contribution in [0.3, 0.4) is 0 Å².